The average molecular weight is 189 g/mol. The molecular formula is C11H11NS. The van der Waals surface area contributed by atoms with E-state index in [0.29, 0.717) is 0 Å². The summed E-state index contributed by atoms with van der Waals surface area (Å²) in [5, 5.41) is 0. The highest BCUT2D eigenvalue weighted by molar-refractivity contribution is 7.98. The van der Waals surface area contributed by atoms with Crippen LogP contribution in [0.4, 0.5) is 0 Å². The molecule has 0 amide bonds. The number of thioether (sulfide) groups is 1. The lowest BCUT2D eigenvalue weighted by atomic mass is 10.3. The van der Waals surface area contributed by atoms with Crippen LogP contribution in [0, 0.1) is 0 Å². The van der Waals surface area contributed by atoms with Crippen LogP contribution >= 0.6 is 11.8 Å². The van der Waals surface area contributed by atoms with Gasteiger partial charge in [0.05, 0.1) is 0 Å². The van der Waals surface area contributed by atoms with Crippen molar-refractivity contribution >= 4 is 11.8 Å². The summed E-state index contributed by atoms with van der Waals surface area (Å²) in [5.41, 5.74) is 1.22. The molecule has 0 unspecified atom stereocenters. The number of hydrogen-bond donors (Lipinski definition) is 0. The Morgan fingerprint density at radius 1 is 1.08 bits per heavy atom. The number of nitrogens with zero attached hydrogens (tertiary/aromatic N) is 1. The molecule has 0 saturated heterocycles. The molecule has 1 heterocycles. The Labute approximate surface area is 82.4 Å². The van der Waals surface area contributed by atoms with Crippen molar-refractivity contribution in [2.75, 3.05) is 6.26 Å². The highest BCUT2D eigenvalue weighted by Gasteiger charge is 1.95. The molecule has 2 heteroatoms. The van der Waals surface area contributed by atoms with E-state index in [-0.39, 0.29) is 0 Å². The van der Waals surface area contributed by atoms with Crippen molar-refractivity contribution in [1.29, 1.82) is 0 Å². The molecule has 0 fully saturated rings. The molecule has 0 radical (unpaired) electrons. The van der Waals surface area contributed by atoms with E-state index in [2.05, 4.69) is 47.5 Å². The second-order valence-corrected chi connectivity index (χ2v) is 3.67. The zero-order valence-electron chi connectivity index (χ0n) is 7.47. The zero-order chi connectivity index (χ0) is 9.10. The normalized spacial score (nSPS) is 10.2. The Morgan fingerprint density at radius 2 is 1.85 bits per heavy atom. The van der Waals surface area contributed by atoms with Crippen molar-refractivity contribution in [3.05, 3.63) is 48.8 Å². The molecular weight excluding hydrogens is 178 g/mol. The van der Waals surface area contributed by atoms with Gasteiger partial charge in [-0.2, -0.15) is 0 Å². The molecule has 66 valence electrons. The first-order valence-electron chi connectivity index (χ1n) is 4.17. The van der Waals surface area contributed by atoms with E-state index in [1.165, 1.54) is 10.6 Å². The first-order valence-corrected chi connectivity index (χ1v) is 5.40. The quantitative estimate of drug-likeness (QED) is 0.657. The standard InChI is InChI=1S/C11H11NS/c1-13-11-6-4-5-10(9-11)12-7-2-3-8-12/h2-9H,1H3. The van der Waals surface area contributed by atoms with Gasteiger partial charge in [0.2, 0.25) is 0 Å². The molecule has 1 nitrogen and oxygen atoms in total. The van der Waals surface area contributed by atoms with E-state index >= 15 is 0 Å². The molecule has 0 saturated carbocycles. The van der Waals surface area contributed by atoms with Crippen molar-refractivity contribution in [2.45, 2.75) is 4.90 Å². The predicted octanol–water partition coefficient (Wildman–Crippen LogP) is 3.20. The fourth-order valence-electron chi connectivity index (χ4n) is 1.28. The second-order valence-electron chi connectivity index (χ2n) is 2.79. The minimum atomic E-state index is 1.22. The summed E-state index contributed by atoms with van der Waals surface area (Å²) in [7, 11) is 0. The van der Waals surface area contributed by atoms with E-state index in [0.717, 1.165) is 0 Å². The van der Waals surface area contributed by atoms with Crippen LogP contribution < -0.4 is 0 Å². The maximum Gasteiger partial charge on any atom is 0.0460 e. The highest BCUT2D eigenvalue weighted by Crippen LogP contribution is 2.18. The lowest BCUT2D eigenvalue weighted by Gasteiger charge is -2.03. The van der Waals surface area contributed by atoms with Crippen LogP contribution in [-0.2, 0) is 0 Å². The van der Waals surface area contributed by atoms with Crippen LogP contribution in [0.3, 0.4) is 0 Å². The number of benzene rings is 1. The van der Waals surface area contributed by atoms with Crippen LogP contribution in [-0.4, -0.2) is 10.8 Å². The zero-order valence-corrected chi connectivity index (χ0v) is 8.29. The molecule has 2 aromatic rings. The first-order chi connectivity index (χ1) is 6.40. The molecule has 0 bridgehead atoms. The third-order valence-corrected chi connectivity index (χ3v) is 2.68. The summed E-state index contributed by atoms with van der Waals surface area (Å²) in [4.78, 5) is 1.30. The van der Waals surface area contributed by atoms with Crippen molar-refractivity contribution in [3.8, 4) is 5.69 Å². The molecule has 0 aliphatic rings. The summed E-state index contributed by atoms with van der Waals surface area (Å²) < 4.78 is 2.11. The van der Waals surface area contributed by atoms with Crippen LogP contribution in [0.15, 0.2) is 53.7 Å². The molecule has 2 rings (SSSR count). The molecule has 0 atom stereocenters. The van der Waals surface area contributed by atoms with Crippen LogP contribution in [0.5, 0.6) is 0 Å². The van der Waals surface area contributed by atoms with Crippen molar-refractivity contribution in [1.82, 2.24) is 4.57 Å². The summed E-state index contributed by atoms with van der Waals surface area (Å²) in [6.07, 6.45) is 6.20. The van der Waals surface area contributed by atoms with Crippen molar-refractivity contribution in [2.24, 2.45) is 0 Å². The summed E-state index contributed by atoms with van der Waals surface area (Å²) in [5.74, 6) is 0. The van der Waals surface area contributed by atoms with E-state index in [9.17, 15) is 0 Å². The second kappa shape index (κ2) is 3.71. The monoisotopic (exact) mass is 189 g/mol. The fraction of sp³-hybridized carbons (Fsp3) is 0.0909. The molecule has 13 heavy (non-hydrogen) atoms. The van der Waals surface area contributed by atoms with Gasteiger partial charge in [0.15, 0.2) is 0 Å². The fourth-order valence-corrected chi connectivity index (χ4v) is 1.73. The van der Waals surface area contributed by atoms with Gasteiger partial charge in [-0.1, -0.05) is 6.07 Å². The van der Waals surface area contributed by atoms with E-state index < -0.39 is 0 Å². The number of aromatic nitrogens is 1. The van der Waals surface area contributed by atoms with E-state index in [4.69, 9.17) is 0 Å². The number of hydrogen-bond acceptors (Lipinski definition) is 1. The Kier molecular flexibility index (Phi) is 2.41. The van der Waals surface area contributed by atoms with Crippen molar-refractivity contribution in [3.63, 3.8) is 0 Å². The maximum absolute atomic E-state index is 2.19. The molecule has 1 aromatic carbocycles. The predicted molar refractivity (Wildman–Crippen MR) is 57.6 cm³/mol. The molecule has 0 N–H and O–H groups in total. The largest absolute Gasteiger partial charge is 0.324 e. The maximum atomic E-state index is 2.19. The summed E-state index contributed by atoms with van der Waals surface area (Å²) >= 11 is 1.77. The topological polar surface area (TPSA) is 4.93 Å². The van der Waals surface area contributed by atoms with Gasteiger partial charge in [0.25, 0.3) is 0 Å². The minimum absolute atomic E-state index is 1.22. The summed E-state index contributed by atoms with van der Waals surface area (Å²) in [6, 6.07) is 12.6. The average Bonchev–Trinajstić information content (AvgIpc) is 2.71. The van der Waals surface area contributed by atoms with Crippen LogP contribution in [0.2, 0.25) is 0 Å². The first kappa shape index (κ1) is 8.45. The van der Waals surface area contributed by atoms with Gasteiger partial charge in [-0.3, -0.25) is 0 Å². The van der Waals surface area contributed by atoms with E-state index in [1.807, 2.05) is 12.1 Å². The lowest BCUT2D eigenvalue weighted by molar-refractivity contribution is 1.07. The van der Waals surface area contributed by atoms with Gasteiger partial charge >= 0.3 is 0 Å². The van der Waals surface area contributed by atoms with Crippen LogP contribution in [0.1, 0.15) is 0 Å². The summed E-state index contributed by atoms with van der Waals surface area (Å²) in [6.45, 7) is 0. The van der Waals surface area contributed by atoms with Gasteiger partial charge in [0, 0.05) is 23.0 Å². The van der Waals surface area contributed by atoms with Gasteiger partial charge < -0.3 is 4.57 Å². The van der Waals surface area contributed by atoms with Gasteiger partial charge in [-0.15, -0.1) is 11.8 Å². The van der Waals surface area contributed by atoms with Gasteiger partial charge in [0.1, 0.15) is 0 Å². The third-order valence-electron chi connectivity index (χ3n) is 1.96. The SMILES string of the molecule is CSc1cccc(-n2cccc2)c1. The Morgan fingerprint density at radius 3 is 2.54 bits per heavy atom. The van der Waals surface area contributed by atoms with Gasteiger partial charge in [-0.05, 0) is 36.6 Å². The Hall–Kier alpha value is -1.15. The molecule has 1 aromatic heterocycles. The lowest BCUT2D eigenvalue weighted by Crippen LogP contribution is -1.88. The van der Waals surface area contributed by atoms with E-state index in [1.54, 1.807) is 11.8 Å². The smallest absolute Gasteiger partial charge is 0.0460 e. The molecule has 0 aliphatic heterocycles. The Bertz CT molecular complexity index is 379. The van der Waals surface area contributed by atoms with Crippen molar-refractivity contribution < 1.29 is 0 Å². The Balaban J connectivity index is 2.41. The molecule has 0 spiro atoms. The van der Waals surface area contributed by atoms with Crippen LogP contribution in [0.25, 0.3) is 5.69 Å². The molecule has 0 aliphatic carbocycles. The minimum Gasteiger partial charge on any atom is -0.324 e. The third kappa shape index (κ3) is 1.78. The number of rotatable bonds is 2. The highest BCUT2D eigenvalue weighted by atomic mass is 32.2. The van der Waals surface area contributed by atoms with Gasteiger partial charge in [-0.25, -0.2) is 0 Å².